The molecule has 1 fully saturated rings. The third-order valence-corrected chi connectivity index (χ3v) is 5.99. The van der Waals surface area contributed by atoms with Gasteiger partial charge in [0.15, 0.2) is 5.17 Å². The number of thioether (sulfide) groups is 1. The molecular formula is C20H19N3S. The summed E-state index contributed by atoms with van der Waals surface area (Å²) in [5, 5.41) is 13.5. The van der Waals surface area contributed by atoms with E-state index in [9.17, 15) is 0 Å². The van der Waals surface area contributed by atoms with Gasteiger partial charge in [-0.3, -0.25) is 4.99 Å². The van der Waals surface area contributed by atoms with Gasteiger partial charge in [-0.15, -0.1) is 0 Å². The molecule has 1 aliphatic heterocycles. The lowest BCUT2D eigenvalue weighted by atomic mass is 10.0. The summed E-state index contributed by atoms with van der Waals surface area (Å²) in [7, 11) is 0. The first-order valence-electron chi connectivity index (χ1n) is 8.37. The summed E-state index contributed by atoms with van der Waals surface area (Å²) in [4.78, 5) is 5.00. The number of nitrogens with one attached hydrogen (secondary N) is 1. The van der Waals surface area contributed by atoms with Gasteiger partial charge >= 0.3 is 0 Å². The molecule has 24 heavy (non-hydrogen) atoms. The highest BCUT2D eigenvalue weighted by Gasteiger charge is 2.38. The van der Waals surface area contributed by atoms with E-state index in [4.69, 9.17) is 10.3 Å². The second-order valence-corrected chi connectivity index (χ2v) is 7.46. The zero-order valence-corrected chi connectivity index (χ0v) is 14.3. The van der Waals surface area contributed by atoms with Crippen LogP contribution in [-0.2, 0) is 0 Å². The highest BCUT2D eigenvalue weighted by Crippen LogP contribution is 2.41. The minimum atomic E-state index is 0.191. The van der Waals surface area contributed by atoms with Crippen molar-refractivity contribution in [3.63, 3.8) is 0 Å². The Balaban J connectivity index is 1.61. The van der Waals surface area contributed by atoms with Gasteiger partial charge in [0.05, 0.1) is 17.2 Å². The summed E-state index contributed by atoms with van der Waals surface area (Å²) in [6.45, 7) is 0. The Hall–Kier alpha value is -2.25. The number of hydrogen-bond acceptors (Lipinski definition) is 4. The van der Waals surface area contributed by atoms with E-state index in [1.54, 1.807) is 0 Å². The molecule has 2 aromatic rings. The van der Waals surface area contributed by atoms with Gasteiger partial charge in [-0.2, -0.15) is 5.26 Å². The fraction of sp³-hybridized carbons (Fsp3) is 0.300. The lowest BCUT2D eigenvalue weighted by Gasteiger charge is -2.16. The Labute approximate surface area is 146 Å². The number of nitrogens with zero attached hydrogens (tertiary/aromatic N) is 2. The smallest absolute Gasteiger partial charge is 0.161 e. The normalized spacial score (nSPS) is 18.4. The monoisotopic (exact) mass is 333 g/mol. The SMILES string of the molecule is N#Cc1ccc(-c2ccccc2NC2=NC3(CCCC3)CS2)cc1. The number of para-hydroxylation sites is 1. The third kappa shape index (κ3) is 2.92. The van der Waals surface area contributed by atoms with Crippen molar-refractivity contribution >= 4 is 22.6 Å². The van der Waals surface area contributed by atoms with Gasteiger partial charge in [0.25, 0.3) is 0 Å². The number of benzene rings is 2. The zero-order chi connectivity index (χ0) is 16.4. The molecule has 1 saturated carbocycles. The van der Waals surface area contributed by atoms with Crippen molar-refractivity contribution in [1.29, 1.82) is 5.26 Å². The van der Waals surface area contributed by atoms with Gasteiger partial charge in [-0.1, -0.05) is 54.9 Å². The molecule has 0 amide bonds. The van der Waals surface area contributed by atoms with Gasteiger partial charge in [0.2, 0.25) is 0 Å². The number of aliphatic imine (C=N–C) groups is 1. The molecule has 2 aromatic carbocycles. The molecule has 2 aliphatic rings. The van der Waals surface area contributed by atoms with Crippen LogP contribution in [0.5, 0.6) is 0 Å². The molecule has 0 aromatic heterocycles. The lowest BCUT2D eigenvalue weighted by Crippen LogP contribution is -2.21. The Bertz CT molecular complexity index is 812. The van der Waals surface area contributed by atoms with Gasteiger partial charge in [-0.25, -0.2) is 0 Å². The highest BCUT2D eigenvalue weighted by atomic mass is 32.2. The van der Waals surface area contributed by atoms with Crippen molar-refractivity contribution < 1.29 is 0 Å². The summed E-state index contributed by atoms with van der Waals surface area (Å²) in [6, 6.07) is 18.2. The number of rotatable bonds is 2. The average molecular weight is 333 g/mol. The summed E-state index contributed by atoms with van der Waals surface area (Å²) in [6.07, 6.45) is 5.06. The number of hydrogen-bond donors (Lipinski definition) is 1. The van der Waals surface area contributed by atoms with E-state index in [-0.39, 0.29) is 5.54 Å². The van der Waals surface area contributed by atoms with Crippen LogP contribution in [-0.4, -0.2) is 16.5 Å². The maximum atomic E-state index is 8.96. The molecule has 0 unspecified atom stereocenters. The molecule has 1 heterocycles. The maximum Gasteiger partial charge on any atom is 0.161 e. The van der Waals surface area contributed by atoms with Crippen LogP contribution in [0.3, 0.4) is 0 Å². The van der Waals surface area contributed by atoms with Gasteiger partial charge < -0.3 is 5.32 Å². The third-order valence-electron chi connectivity index (χ3n) is 4.84. The average Bonchev–Trinajstić information content (AvgIpc) is 3.25. The number of nitriles is 1. The molecule has 4 heteroatoms. The van der Waals surface area contributed by atoms with E-state index in [0.717, 1.165) is 27.7 Å². The molecule has 0 saturated heterocycles. The molecule has 3 nitrogen and oxygen atoms in total. The summed E-state index contributed by atoms with van der Waals surface area (Å²) >= 11 is 1.84. The van der Waals surface area contributed by atoms with Gasteiger partial charge in [0.1, 0.15) is 0 Å². The molecule has 4 rings (SSSR count). The van der Waals surface area contributed by atoms with E-state index < -0.39 is 0 Å². The van der Waals surface area contributed by atoms with Crippen molar-refractivity contribution in [2.24, 2.45) is 4.99 Å². The standard InChI is InChI=1S/C20H19N3S/c21-13-15-7-9-16(10-8-15)17-5-1-2-6-18(17)22-19-23-20(14-24-19)11-3-4-12-20/h1-2,5-10H,3-4,11-12,14H2,(H,22,23). The van der Waals surface area contributed by atoms with Gasteiger partial charge in [0, 0.05) is 17.0 Å². The van der Waals surface area contributed by atoms with Crippen molar-refractivity contribution in [3.05, 3.63) is 54.1 Å². The predicted molar refractivity (Wildman–Crippen MR) is 101 cm³/mol. The Kier molecular flexibility index (Phi) is 4.03. The van der Waals surface area contributed by atoms with Crippen LogP contribution in [0.25, 0.3) is 11.1 Å². The maximum absolute atomic E-state index is 8.96. The highest BCUT2D eigenvalue weighted by molar-refractivity contribution is 8.14. The van der Waals surface area contributed by atoms with Crippen LogP contribution in [0, 0.1) is 11.3 Å². The van der Waals surface area contributed by atoms with Crippen LogP contribution >= 0.6 is 11.8 Å². The van der Waals surface area contributed by atoms with Gasteiger partial charge in [-0.05, 0) is 36.6 Å². The van der Waals surface area contributed by atoms with Crippen molar-refractivity contribution in [2.75, 3.05) is 11.1 Å². The fourth-order valence-electron chi connectivity index (χ4n) is 3.52. The Morgan fingerprint density at radius 3 is 2.54 bits per heavy atom. The van der Waals surface area contributed by atoms with E-state index in [0.29, 0.717) is 5.56 Å². The Morgan fingerprint density at radius 2 is 1.79 bits per heavy atom. The molecular weight excluding hydrogens is 314 g/mol. The minimum Gasteiger partial charge on any atom is -0.334 e. The van der Waals surface area contributed by atoms with Crippen LogP contribution in [0.4, 0.5) is 5.69 Å². The topological polar surface area (TPSA) is 48.2 Å². The molecule has 1 spiro atoms. The Morgan fingerprint density at radius 1 is 1.04 bits per heavy atom. The van der Waals surface area contributed by atoms with E-state index >= 15 is 0 Å². The minimum absolute atomic E-state index is 0.191. The second-order valence-electron chi connectivity index (χ2n) is 6.50. The molecule has 0 radical (unpaired) electrons. The molecule has 1 N–H and O–H groups in total. The summed E-state index contributed by atoms with van der Waals surface area (Å²) in [5.74, 6) is 1.11. The molecule has 0 bridgehead atoms. The zero-order valence-electron chi connectivity index (χ0n) is 13.5. The van der Waals surface area contributed by atoms with Crippen molar-refractivity contribution in [1.82, 2.24) is 0 Å². The van der Waals surface area contributed by atoms with E-state index in [1.807, 2.05) is 48.2 Å². The molecule has 1 aliphatic carbocycles. The lowest BCUT2D eigenvalue weighted by molar-refractivity contribution is 0.508. The van der Waals surface area contributed by atoms with Crippen LogP contribution in [0.2, 0.25) is 0 Å². The fourth-order valence-corrected chi connectivity index (χ4v) is 4.72. The first kappa shape index (κ1) is 15.3. The van der Waals surface area contributed by atoms with Crippen molar-refractivity contribution in [3.8, 4) is 17.2 Å². The molecule has 120 valence electrons. The number of anilines is 1. The first-order chi connectivity index (χ1) is 11.8. The summed E-state index contributed by atoms with van der Waals surface area (Å²) in [5.41, 5.74) is 4.19. The summed E-state index contributed by atoms with van der Waals surface area (Å²) < 4.78 is 0. The predicted octanol–water partition coefficient (Wildman–Crippen LogP) is 5.05. The van der Waals surface area contributed by atoms with Crippen molar-refractivity contribution in [2.45, 2.75) is 31.2 Å². The van der Waals surface area contributed by atoms with Crippen LogP contribution in [0.1, 0.15) is 31.2 Å². The number of amidine groups is 1. The van der Waals surface area contributed by atoms with Crippen LogP contribution < -0.4 is 5.32 Å². The quantitative estimate of drug-likeness (QED) is 0.836. The van der Waals surface area contributed by atoms with E-state index in [1.165, 1.54) is 25.7 Å². The van der Waals surface area contributed by atoms with E-state index in [2.05, 4.69) is 23.5 Å². The largest absolute Gasteiger partial charge is 0.334 e. The first-order valence-corrected chi connectivity index (χ1v) is 9.36. The van der Waals surface area contributed by atoms with Crippen LogP contribution in [0.15, 0.2) is 53.5 Å². The molecule has 0 atom stereocenters. The second kappa shape index (κ2) is 6.33.